The van der Waals surface area contributed by atoms with Crippen LogP contribution in [0.25, 0.3) is 16.8 Å². The third kappa shape index (κ3) is 4.16. The van der Waals surface area contributed by atoms with Gasteiger partial charge in [-0.3, -0.25) is 4.68 Å². The van der Waals surface area contributed by atoms with Gasteiger partial charge in [-0.1, -0.05) is 45.6 Å². The molecule has 0 N–H and O–H groups in total. The highest BCUT2D eigenvalue weighted by molar-refractivity contribution is 5.86. The molecule has 0 atom stereocenters. The molecule has 0 spiro atoms. The van der Waals surface area contributed by atoms with E-state index in [0.717, 1.165) is 34.8 Å². The molecule has 0 unspecified atom stereocenters. The minimum absolute atomic E-state index is 0.133. The molecular formula is C24H30N4. The number of hydrogen-bond donors (Lipinski definition) is 0. The standard InChI is InChI=1S/C24H30N4/c1-8-20(23-25-12-9-13-27(23)7)21-15-28(16-24(4,5)6)26-22(21)19-11-10-17(2)18(3)14-19/h8-15H,1,16H2,2-7H3/b23-20+. The van der Waals surface area contributed by atoms with Gasteiger partial charge in [0.25, 0.3) is 0 Å². The van der Waals surface area contributed by atoms with Crippen LogP contribution >= 0.6 is 0 Å². The number of aromatic nitrogens is 2. The zero-order valence-corrected chi connectivity index (χ0v) is 17.8. The summed E-state index contributed by atoms with van der Waals surface area (Å²) in [6, 6.07) is 6.52. The van der Waals surface area contributed by atoms with Crippen LogP contribution in [0.15, 0.2) is 60.1 Å². The molecule has 0 amide bonds. The minimum Gasteiger partial charge on any atom is -0.336 e. The zero-order chi connectivity index (χ0) is 20.5. The fourth-order valence-electron chi connectivity index (χ4n) is 3.31. The SMILES string of the molecule is C=C/C(=C1/N=CC=CN1C)c1cn(CC(C)(C)C)nc1-c1ccc(C)c(C)c1. The van der Waals surface area contributed by atoms with Crippen molar-refractivity contribution in [1.82, 2.24) is 14.7 Å². The smallest absolute Gasteiger partial charge is 0.140 e. The maximum atomic E-state index is 4.97. The van der Waals surface area contributed by atoms with Crippen LogP contribution in [0.2, 0.25) is 0 Å². The van der Waals surface area contributed by atoms with Gasteiger partial charge in [0.15, 0.2) is 0 Å². The van der Waals surface area contributed by atoms with Crippen molar-refractivity contribution in [1.29, 1.82) is 0 Å². The highest BCUT2D eigenvalue weighted by Gasteiger charge is 2.21. The summed E-state index contributed by atoms with van der Waals surface area (Å²) >= 11 is 0. The summed E-state index contributed by atoms with van der Waals surface area (Å²) in [6.45, 7) is 15.9. The molecule has 146 valence electrons. The number of benzene rings is 1. The van der Waals surface area contributed by atoms with Crippen LogP contribution in [-0.4, -0.2) is 27.9 Å². The quantitative estimate of drug-likeness (QED) is 0.698. The number of aryl methyl sites for hydroxylation is 2. The number of hydrogen-bond acceptors (Lipinski definition) is 3. The van der Waals surface area contributed by atoms with Crippen LogP contribution in [0.3, 0.4) is 0 Å². The lowest BCUT2D eigenvalue weighted by molar-refractivity contribution is 0.326. The Labute approximate surface area is 168 Å². The van der Waals surface area contributed by atoms with Crippen molar-refractivity contribution in [3.8, 4) is 11.3 Å². The second-order valence-electron chi connectivity index (χ2n) is 8.62. The first-order valence-electron chi connectivity index (χ1n) is 9.65. The lowest BCUT2D eigenvalue weighted by Crippen LogP contribution is -2.15. The third-order valence-corrected chi connectivity index (χ3v) is 4.84. The highest BCUT2D eigenvalue weighted by atomic mass is 15.3. The van der Waals surface area contributed by atoms with Gasteiger partial charge in [-0.05, 0) is 42.5 Å². The average Bonchev–Trinajstić information content (AvgIpc) is 3.01. The summed E-state index contributed by atoms with van der Waals surface area (Å²) in [4.78, 5) is 6.61. The Balaban J connectivity index is 2.22. The Hall–Kier alpha value is -2.88. The molecule has 28 heavy (non-hydrogen) atoms. The molecule has 1 aromatic heterocycles. The molecule has 0 aliphatic carbocycles. The highest BCUT2D eigenvalue weighted by Crippen LogP contribution is 2.33. The topological polar surface area (TPSA) is 33.4 Å². The first kappa shape index (κ1) is 19.9. The molecule has 1 aromatic carbocycles. The zero-order valence-electron chi connectivity index (χ0n) is 17.8. The van der Waals surface area contributed by atoms with Crippen LogP contribution in [0, 0.1) is 19.3 Å². The van der Waals surface area contributed by atoms with E-state index in [-0.39, 0.29) is 5.41 Å². The van der Waals surface area contributed by atoms with E-state index in [1.165, 1.54) is 11.1 Å². The number of allylic oxidation sites excluding steroid dienone is 3. The molecule has 4 heteroatoms. The molecule has 2 aromatic rings. The summed E-state index contributed by atoms with van der Waals surface area (Å²) < 4.78 is 2.05. The van der Waals surface area contributed by atoms with Crippen molar-refractivity contribution < 1.29 is 0 Å². The van der Waals surface area contributed by atoms with E-state index in [9.17, 15) is 0 Å². The maximum Gasteiger partial charge on any atom is 0.140 e. The van der Waals surface area contributed by atoms with Gasteiger partial charge in [-0.2, -0.15) is 5.10 Å². The summed E-state index contributed by atoms with van der Waals surface area (Å²) in [7, 11) is 2.00. The minimum atomic E-state index is 0.133. The van der Waals surface area contributed by atoms with E-state index in [1.807, 2.05) is 41.2 Å². The van der Waals surface area contributed by atoms with Gasteiger partial charge in [0, 0.05) is 48.9 Å². The van der Waals surface area contributed by atoms with E-state index in [0.29, 0.717) is 0 Å². The van der Waals surface area contributed by atoms with Gasteiger partial charge >= 0.3 is 0 Å². The third-order valence-electron chi connectivity index (χ3n) is 4.84. The van der Waals surface area contributed by atoms with Crippen molar-refractivity contribution in [3.63, 3.8) is 0 Å². The van der Waals surface area contributed by atoms with E-state index in [4.69, 9.17) is 5.10 Å². The molecule has 4 nitrogen and oxygen atoms in total. The Kier molecular flexibility index (Phi) is 5.41. The molecule has 1 aliphatic heterocycles. The molecule has 0 saturated heterocycles. The summed E-state index contributed by atoms with van der Waals surface area (Å²) in [5.74, 6) is 0.873. The van der Waals surface area contributed by atoms with Gasteiger partial charge in [-0.15, -0.1) is 0 Å². The van der Waals surface area contributed by atoms with E-state index in [1.54, 1.807) is 0 Å². The van der Waals surface area contributed by atoms with E-state index >= 15 is 0 Å². The number of rotatable bonds is 4. The van der Waals surface area contributed by atoms with Crippen molar-refractivity contribution >= 4 is 11.8 Å². The van der Waals surface area contributed by atoms with Gasteiger partial charge in [0.05, 0.1) is 0 Å². The predicted molar refractivity (Wildman–Crippen MR) is 119 cm³/mol. The summed E-state index contributed by atoms with van der Waals surface area (Å²) in [5.41, 5.74) is 6.79. The fourth-order valence-corrected chi connectivity index (χ4v) is 3.31. The van der Waals surface area contributed by atoms with Crippen LogP contribution in [0.4, 0.5) is 0 Å². The van der Waals surface area contributed by atoms with E-state index < -0.39 is 0 Å². The van der Waals surface area contributed by atoms with Crippen LogP contribution < -0.4 is 0 Å². The number of aliphatic imine (C=N–C) groups is 1. The summed E-state index contributed by atoms with van der Waals surface area (Å²) in [5, 5.41) is 4.97. The average molecular weight is 375 g/mol. The van der Waals surface area contributed by atoms with Crippen LogP contribution in [0.5, 0.6) is 0 Å². The first-order chi connectivity index (χ1) is 13.2. The summed E-state index contributed by atoms with van der Waals surface area (Å²) in [6.07, 6.45) is 9.75. The van der Waals surface area contributed by atoms with Crippen molar-refractivity contribution in [2.75, 3.05) is 7.05 Å². The van der Waals surface area contributed by atoms with Crippen molar-refractivity contribution in [3.05, 3.63) is 71.8 Å². The van der Waals surface area contributed by atoms with Gasteiger partial charge in [0.2, 0.25) is 0 Å². The van der Waals surface area contributed by atoms with Crippen LogP contribution in [0.1, 0.15) is 37.5 Å². The number of nitrogens with zero attached hydrogens (tertiary/aromatic N) is 4. The Morgan fingerprint density at radius 1 is 1.18 bits per heavy atom. The van der Waals surface area contributed by atoms with Gasteiger partial charge in [0.1, 0.15) is 11.5 Å². The van der Waals surface area contributed by atoms with Gasteiger partial charge < -0.3 is 4.90 Å². The lowest BCUT2D eigenvalue weighted by atomic mass is 9.97. The lowest BCUT2D eigenvalue weighted by Gasteiger charge is -2.20. The second kappa shape index (κ2) is 7.63. The Morgan fingerprint density at radius 2 is 1.93 bits per heavy atom. The molecule has 2 heterocycles. The molecular weight excluding hydrogens is 344 g/mol. The van der Waals surface area contributed by atoms with Gasteiger partial charge in [-0.25, -0.2) is 4.99 Å². The Bertz CT molecular complexity index is 981. The molecule has 0 radical (unpaired) electrons. The first-order valence-corrected chi connectivity index (χ1v) is 9.65. The fraction of sp³-hybridized carbons (Fsp3) is 0.333. The van der Waals surface area contributed by atoms with E-state index in [2.05, 4.69) is 70.6 Å². The maximum absolute atomic E-state index is 4.97. The van der Waals surface area contributed by atoms with Crippen molar-refractivity contribution in [2.24, 2.45) is 10.4 Å². The predicted octanol–water partition coefficient (Wildman–Crippen LogP) is 5.60. The monoisotopic (exact) mass is 374 g/mol. The second-order valence-corrected chi connectivity index (χ2v) is 8.62. The van der Waals surface area contributed by atoms with Crippen LogP contribution in [-0.2, 0) is 6.54 Å². The molecule has 3 rings (SSSR count). The molecule has 0 fully saturated rings. The normalized spacial score (nSPS) is 15.9. The molecule has 0 saturated carbocycles. The Morgan fingerprint density at radius 3 is 2.54 bits per heavy atom. The van der Waals surface area contributed by atoms with Crippen molar-refractivity contribution in [2.45, 2.75) is 41.2 Å². The largest absolute Gasteiger partial charge is 0.336 e. The molecule has 1 aliphatic rings. The molecule has 0 bridgehead atoms.